The lowest BCUT2D eigenvalue weighted by Crippen LogP contribution is -2.52. The molecule has 8 heteroatoms. The summed E-state index contributed by atoms with van der Waals surface area (Å²) in [6.07, 6.45) is 0. The Morgan fingerprint density at radius 1 is 1.10 bits per heavy atom. The van der Waals surface area contributed by atoms with Crippen LogP contribution in [0, 0.1) is 0 Å². The van der Waals surface area contributed by atoms with E-state index in [4.69, 9.17) is 4.74 Å². The summed E-state index contributed by atoms with van der Waals surface area (Å²) < 4.78 is 5.32. The van der Waals surface area contributed by atoms with Crippen molar-refractivity contribution in [3.05, 3.63) is 54.1 Å². The van der Waals surface area contributed by atoms with Crippen LogP contribution >= 0.6 is 24.0 Å². The molecule has 3 rings (SSSR count). The van der Waals surface area contributed by atoms with E-state index in [-0.39, 0.29) is 29.9 Å². The van der Waals surface area contributed by atoms with Crippen molar-refractivity contribution in [1.82, 2.24) is 10.2 Å². The summed E-state index contributed by atoms with van der Waals surface area (Å²) >= 11 is 0. The zero-order valence-electron chi connectivity index (χ0n) is 17.7. The van der Waals surface area contributed by atoms with Crippen molar-refractivity contribution in [2.75, 3.05) is 50.6 Å². The Labute approximate surface area is 195 Å². The van der Waals surface area contributed by atoms with Crippen molar-refractivity contribution in [2.45, 2.75) is 13.5 Å². The zero-order chi connectivity index (χ0) is 20.6. The monoisotopic (exact) mass is 523 g/mol. The highest BCUT2D eigenvalue weighted by Crippen LogP contribution is 2.25. The van der Waals surface area contributed by atoms with Crippen molar-refractivity contribution in [3.63, 3.8) is 0 Å². The molecule has 1 aliphatic rings. The van der Waals surface area contributed by atoms with Gasteiger partial charge in [-0.1, -0.05) is 24.3 Å². The van der Waals surface area contributed by atoms with Crippen LogP contribution in [0.2, 0.25) is 0 Å². The quantitative estimate of drug-likeness (QED) is 0.358. The van der Waals surface area contributed by atoms with Gasteiger partial charge in [0.2, 0.25) is 5.91 Å². The molecule has 7 nitrogen and oxygen atoms in total. The van der Waals surface area contributed by atoms with Crippen LogP contribution in [0.25, 0.3) is 0 Å². The van der Waals surface area contributed by atoms with Gasteiger partial charge in [-0.25, -0.2) is 0 Å². The normalized spacial score (nSPS) is 14.0. The van der Waals surface area contributed by atoms with E-state index >= 15 is 0 Å². The van der Waals surface area contributed by atoms with E-state index in [9.17, 15) is 4.79 Å². The number of carbonyl (C=O) groups excluding carboxylic acids is 1. The molecule has 30 heavy (non-hydrogen) atoms. The number of aliphatic imine (C=N–C) groups is 1. The first-order valence-corrected chi connectivity index (χ1v) is 9.81. The van der Waals surface area contributed by atoms with E-state index in [1.165, 1.54) is 12.6 Å². The molecule has 2 aromatic carbocycles. The predicted octanol–water partition coefficient (Wildman–Crippen LogP) is 3.17. The van der Waals surface area contributed by atoms with Gasteiger partial charge in [0.25, 0.3) is 0 Å². The molecule has 1 aliphatic heterocycles. The maximum Gasteiger partial charge on any atom is 0.221 e. The minimum Gasteiger partial charge on any atom is -0.495 e. The fourth-order valence-electron chi connectivity index (χ4n) is 3.48. The Hall–Kier alpha value is -2.49. The number of hydrogen-bond acceptors (Lipinski definition) is 4. The van der Waals surface area contributed by atoms with Gasteiger partial charge in [-0.05, 0) is 29.8 Å². The highest BCUT2D eigenvalue weighted by molar-refractivity contribution is 14.0. The summed E-state index contributed by atoms with van der Waals surface area (Å²) in [6, 6.07) is 16.3. The molecule has 0 radical (unpaired) electrons. The summed E-state index contributed by atoms with van der Waals surface area (Å²) in [7, 11) is 3.40. The number of hydrogen-bond donors (Lipinski definition) is 2. The van der Waals surface area contributed by atoms with Crippen molar-refractivity contribution < 1.29 is 9.53 Å². The van der Waals surface area contributed by atoms with Crippen LogP contribution in [0.15, 0.2) is 53.5 Å². The first-order chi connectivity index (χ1) is 14.1. The van der Waals surface area contributed by atoms with Crippen LogP contribution in [-0.2, 0) is 11.3 Å². The number of methoxy groups -OCH3 is 1. The van der Waals surface area contributed by atoms with Crippen molar-refractivity contribution >= 4 is 47.2 Å². The third-order valence-corrected chi connectivity index (χ3v) is 4.94. The van der Waals surface area contributed by atoms with E-state index < -0.39 is 0 Å². The first kappa shape index (κ1) is 23.8. The second-order valence-corrected chi connectivity index (χ2v) is 6.93. The Bertz CT molecular complexity index is 852. The lowest BCUT2D eigenvalue weighted by atomic mass is 10.2. The number of anilines is 2. The van der Waals surface area contributed by atoms with Gasteiger partial charge in [-0.3, -0.25) is 9.79 Å². The van der Waals surface area contributed by atoms with Gasteiger partial charge < -0.3 is 25.2 Å². The number of guanidine groups is 1. The molecule has 0 bridgehead atoms. The third-order valence-electron chi connectivity index (χ3n) is 4.94. The molecule has 0 aliphatic carbocycles. The van der Waals surface area contributed by atoms with Crippen LogP contribution in [0.3, 0.4) is 0 Å². The van der Waals surface area contributed by atoms with Crippen LogP contribution in [0.1, 0.15) is 12.5 Å². The Morgan fingerprint density at radius 3 is 2.40 bits per heavy atom. The largest absolute Gasteiger partial charge is 0.495 e. The average molecular weight is 523 g/mol. The summed E-state index contributed by atoms with van der Waals surface area (Å²) in [5, 5.41) is 6.24. The van der Waals surface area contributed by atoms with Gasteiger partial charge >= 0.3 is 0 Å². The molecule has 162 valence electrons. The molecule has 1 heterocycles. The van der Waals surface area contributed by atoms with Gasteiger partial charge in [0, 0.05) is 52.4 Å². The van der Waals surface area contributed by atoms with Crippen molar-refractivity contribution in [2.24, 2.45) is 4.99 Å². The number of carbonyl (C=O) groups is 1. The number of piperazine rings is 1. The van der Waals surface area contributed by atoms with Gasteiger partial charge in [-0.15, -0.1) is 24.0 Å². The molecular weight excluding hydrogens is 493 g/mol. The fraction of sp³-hybridized carbons (Fsp3) is 0.364. The SMILES string of the molecule is CN=C(NCc1ccc(OC)c(NC(C)=O)c1)N1CCN(c2ccccc2)CC1.I. The number of ether oxygens (including phenoxy) is 1. The number of benzene rings is 2. The second-order valence-electron chi connectivity index (χ2n) is 6.93. The Morgan fingerprint density at radius 2 is 1.80 bits per heavy atom. The van der Waals surface area contributed by atoms with Gasteiger partial charge in [0.05, 0.1) is 12.8 Å². The molecule has 0 atom stereocenters. The summed E-state index contributed by atoms with van der Waals surface area (Å²) in [5.41, 5.74) is 2.98. The third kappa shape index (κ3) is 6.25. The van der Waals surface area contributed by atoms with E-state index in [0.29, 0.717) is 18.0 Å². The highest BCUT2D eigenvalue weighted by Gasteiger charge is 2.19. The first-order valence-electron chi connectivity index (χ1n) is 9.81. The zero-order valence-corrected chi connectivity index (χ0v) is 20.1. The maximum atomic E-state index is 11.4. The smallest absolute Gasteiger partial charge is 0.221 e. The number of halogens is 1. The van der Waals surface area contributed by atoms with Crippen LogP contribution in [-0.4, -0.2) is 57.1 Å². The van der Waals surface area contributed by atoms with Gasteiger partial charge in [0.1, 0.15) is 5.75 Å². The molecular formula is C22H30IN5O2. The summed E-state index contributed by atoms with van der Waals surface area (Å²) in [5.74, 6) is 1.40. The molecule has 1 amide bonds. The topological polar surface area (TPSA) is 69.2 Å². The molecule has 0 saturated carbocycles. The molecule has 2 N–H and O–H groups in total. The average Bonchev–Trinajstić information content (AvgIpc) is 2.75. The molecule has 1 saturated heterocycles. The predicted molar refractivity (Wildman–Crippen MR) is 133 cm³/mol. The molecule has 0 aromatic heterocycles. The standard InChI is InChI=1S/C22H29N5O2.HI/c1-17(28)25-20-15-18(9-10-21(20)29-3)16-24-22(23-2)27-13-11-26(12-14-27)19-7-5-4-6-8-19;/h4-10,15H,11-14,16H2,1-3H3,(H,23,24)(H,25,28);1H. The van der Waals surface area contributed by atoms with E-state index in [2.05, 4.69) is 49.7 Å². The van der Waals surface area contributed by atoms with Crippen LogP contribution in [0.5, 0.6) is 5.75 Å². The fourth-order valence-corrected chi connectivity index (χ4v) is 3.48. The minimum atomic E-state index is -0.125. The molecule has 1 fully saturated rings. The van der Waals surface area contributed by atoms with Crippen LogP contribution in [0.4, 0.5) is 11.4 Å². The number of amides is 1. The number of para-hydroxylation sites is 1. The highest BCUT2D eigenvalue weighted by atomic mass is 127. The molecule has 2 aromatic rings. The van der Waals surface area contributed by atoms with Crippen LogP contribution < -0.4 is 20.3 Å². The van der Waals surface area contributed by atoms with E-state index in [1.54, 1.807) is 7.11 Å². The van der Waals surface area contributed by atoms with E-state index in [0.717, 1.165) is 37.7 Å². The van der Waals surface area contributed by atoms with Crippen molar-refractivity contribution in [3.8, 4) is 5.75 Å². The van der Waals surface area contributed by atoms with Crippen molar-refractivity contribution in [1.29, 1.82) is 0 Å². The Balaban J connectivity index is 0.00000320. The second kappa shape index (κ2) is 11.6. The minimum absolute atomic E-state index is 0. The summed E-state index contributed by atoms with van der Waals surface area (Å²) in [4.78, 5) is 20.5. The van der Waals surface area contributed by atoms with Gasteiger partial charge in [0.15, 0.2) is 5.96 Å². The number of nitrogens with zero attached hydrogens (tertiary/aromatic N) is 3. The Kier molecular flexibility index (Phi) is 9.22. The number of rotatable bonds is 5. The van der Waals surface area contributed by atoms with Gasteiger partial charge in [-0.2, -0.15) is 0 Å². The maximum absolute atomic E-state index is 11.4. The summed E-state index contributed by atoms with van der Waals surface area (Å²) in [6.45, 7) is 5.84. The molecule has 0 unspecified atom stereocenters. The number of nitrogens with one attached hydrogen (secondary N) is 2. The van der Waals surface area contributed by atoms with E-state index in [1.807, 2.05) is 31.3 Å². The lowest BCUT2D eigenvalue weighted by molar-refractivity contribution is -0.114. The molecule has 0 spiro atoms. The lowest BCUT2D eigenvalue weighted by Gasteiger charge is -2.37.